The van der Waals surface area contributed by atoms with Gasteiger partial charge in [-0.1, -0.05) is 48.5 Å². The van der Waals surface area contributed by atoms with Crippen LogP contribution in [0.1, 0.15) is 18.1 Å². The Kier molecular flexibility index (Phi) is 5.77. The van der Waals surface area contributed by atoms with Crippen molar-refractivity contribution in [3.8, 4) is 11.5 Å². The molecule has 0 unspecified atom stereocenters. The number of nitrogens with zero attached hydrogens (tertiary/aromatic N) is 1. The van der Waals surface area contributed by atoms with E-state index in [2.05, 4.69) is 0 Å². The summed E-state index contributed by atoms with van der Waals surface area (Å²) in [5, 5.41) is 1.92. The zero-order valence-corrected chi connectivity index (χ0v) is 17.6. The number of fused-ring (bicyclic) bond motifs is 1. The number of thioether (sulfide) groups is 1. The van der Waals surface area contributed by atoms with Gasteiger partial charge < -0.3 is 9.47 Å². The van der Waals surface area contributed by atoms with Crippen LogP contribution in [-0.4, -0.2) is 29.8 Å². The van der Waals surface area contributed by atoms with Crippen molar-refractivity contribution in [3.05, 3.63) is 76.7 Å². The lowest BCUT2D eigenvalue weighted by atomic mass is 10.1. The predicted octanol–water partition coefficient (Wildman–Crippen LogP) is 5.48. The van der Waals surface area contributed by atoms with Crippen LogP contribution < -0.4 is 9.47 Å². The van der Waals surface area contributed by atoms with Gasteiger partial charge in [0, 0.05) is 5.56 Å². The van der Waals surface area contributed by atoms with E-state index < -0.39 is 0 Å². The summed E-state index contributed by atoms with van der Waals surface area (Å²) in [5.41, 5.74) is 1.61. The molecule has 3 aromatic carbocycles. The van der Waals surface area contributed by atoms with E-state index in [1.165, 1.54) is 4.90 Å². The SMILES string of the molecule is CCOc1c(/C=C2\SC(=O)N(Cc3ccc4ccccc4c3)C2=O)cccc1OC. The van der Waals surface area contributed by atoms with Crippen LogP contribution in [0.4, 0.5) is 4.79 Å². The largest absolute Gasteiger partial charge is 0.493 e. The fourth-order valence-corrected chi connectivity index (χ4v) is 4.23. The molecule has 1 aliphatic heterocycles. The molecule has 4 rings (SSSR count). The van der Waals surface area contributed by atoms with Gasteiger partial charge in [-0.05, 0) is 53.2 Å². The Hall–Kier alpha value is -3.25. The third-order valence-electron chi connectivity index (χ3n) is 4.83. The van der Waals surface area contributed by atoms with Gasteiger partial charge in [0.05, 0.1) is 25.2 Å². The average molecular weight is 420 g/mol. The zero-order chi connectivity index (χ0) is 21.1. The van der Waals surface area contributed by atoms with Gasteiger partial charge in [0.15, 0.2) is 11.5 Å². The second-order valence-electron chi connectivity index (χ2n) is 6.76. The number of carbonyl (C=O) groups is 2. The predicted molar refractivity (Wildman–Crippen MR) is 120 cm³/mol. The van der Waals surface area contributed by atoms with Crippen LogP contribution in [0, 0.1) is 0 Å². The van der Waals surface area contributed by atoms with E-state index in [9.17, 15) is 9.59 Å². The summed E-state index contributed by atoms with van der Waals surface area (Å²) in [6, 6.07) is 19.4. The number of hydrogen-bond donors (Lipinski definition) is 0. The lowest BCUT2D eigenvalue weighted by molar-refractivity contribution is -0.123. The van der Waals surface area contributed by atoms with E-state index in [-0.39, 0.29) is 17.7 Å². The molecule has 0 aromatic heterocycles. The van der Waals surface area contributed by atoms with E-state index in [1.54, 1.807) is 19.3 Å². The number of para-hydroxylation sites is 1. The summed E-state index contributed by atoms with van der Waals surface area (Å²) in [6.45, 7) is 2.58. The summed E-state index contributed by atoms with van der Waals surface area (Å²) in [4.78, 5) is 27.2. The number of rotatable bonds is 6. The molecule has 0 spiro atoms. The highest BCUT2D eigenvalue weighted by molar-refractivity contribution is 8.18. The van der Waals surface area contributed by atoms with E-state index in [1.807, 2.05) is 61.5 Å². The summed E-state index contributed by atoms with van der Waals surface area (Å²) < 4.78 is 11.1. The van der Waals surface area contributed by atoms with Crippen LogP contribution in [-0.2, 0) is 11.3 Å². The molecule has 0 aliphatic carbocycles. The van der Waals surface area contributed by atoms with Crippen molar-refractivity contribution in [1.82, 2.24) is 4.90 Å². The first-order valence-electron chi connectivity index (χ1n) is 9.63. The zero-order valence-electron chi connectivity index (χ0n) is 16.8. The van der Waals surface area contributed by atoms with Gasteiger partial charge in [-0.15, -0.1) is 0 Å². The third-order valence-corrected chi connectivity index (χ3v) is 5.74. The molecule has 0 radical (unpaired) electrons. The molecule has 6 heteroatoms. The quantitative estimate of drug-likeness (QED) is 0.495. The number of amides is 2. The molecule has 2 amide bonds. The number of carbonyl (C=O) groups excluding carboxylic acids is 2. The highest BCUT2D eigenvalue weighted by atomic mass is 32.2. The molecular weight excluding hydrogens is 398 g/mol. The van der Waals surface area contributed by atoms with Gasteiger partial charge in [0.1, 0.15) is 0 Å². The lowest BCUT2D eigenvalue weighted by Gasteiger charge is -2.13. The van der Waals surface area contributed by atoms with E-state index in [0.29, 0.717) is 28.6 Å². The standard InChI is InChI=1S/C24H21NO4S/c1-3-29-22-19(9-6-10-20(22)28-2)14-21-23(26)25(24(27)30-21)15-16-11-12-17-7-4-5-8-18(17)13-16/h4-14H,3,15H2,1-2H3/b21-14-. The molecule has 0 saturated carbocycles. The van der Waals surface area contributed by atoms with Crippen LogP contribution in [0.2, 0.25) is 0 Å². The Morgan fingerprint density at radius 3 is 2.57 bits per heavy atom. The first-order valence-corrected chi connectivity index (χ1v) is 10.4. The summed E-state index contributed by atoms with van der Waals surface area (Å²) >= 11 is 0.942. The van der Waals surface area contributed by atoms with Crippen molar-refractivity contribution >= 4 is 39.8 Å². The summed E-state index contributed by atoms with van der Waals surface area (Å²) in [6.07, 6.45) is 1.69. The molecule has 5 nitrogen and oxygen atoms in total. The first-order chi connectivity index (χ1) is 14.6. The van der Waals surface area contributed by atoms with Gasteiger partial charge in [0.2, 0.25) is 0 Å². The van der Waals surface area contributed by atoms with Crippen molar-refractivity contribution in [1.29, 1.82) is 0 Å². The molecule has 3 aromatic rings. The summed E-state index contributed by atoms with van der Waals surface area (Å²) in [5.74, 6) is 0.841. The Labute approximate surface area is 179 Å². The van der Waals surface area contributed by atoms with E-state index in [4.69, 9.17) is 9.47 Å². The van der Waals surface area contributed by atoms with Crippen molar-refractivity contribution in [2.24, 2.45) is 0 Å². The number of hydrogen-bond acceptors (Lipinski definition) is 5. The minimum Gasteiger partial charge on any atom is -0.493 e. The summed E-state index contributed by atoms with van der Waals surface area (Å²) in [7, 11) is 1.57. The van der Waals surface area contributed by atoms with Gasteiger partial charge >= 0.3 is 0 Å². The molecule has 0 atom stereocenters. The maximum Gasteiger partial charge on any atom is 0.293 e. The molecule has 1 aliphatic rings. The van der Waals surface area contributed by atoms with Gasteiger partial charge in [0.25, 0.3) is 11.1 Å². The van der Waals surface area contributed by atoms with Gasteiger partial charge in [-0.2, -0.15) is 0 Å². The Morgan fingerprint density at radius 2 is 1.80 bits per heavy atom. The topological polar surface area (TPSA) is 55.8 Å². The average Bonchev–Trinajstić information content (AvgIpc) is 3.02. The molecule has 152 valence electrons. The first kappa shape index (κ1) is 20.0. The fourth-order valence-electron chi connectivity index (χ4n) is 3.40. The minimum absolute atomic E-state index is 0.239. The van der Waals surface area contributed by atoms with Crippen LogP contribution in [0.3, 0.4) is 0 Å². The van der Waals surface area contributed by atoms with Crippen LogP contribution in [0.5, 0.6) is 11.5 Å². The number of benzene rings is 3. The normalized spacial score (nSPS) is 15.3. The molecule has 30 heavy (non-hydrogen) atoms. The van der Waals surface area contributed by atoms with Crippen molar-refractivity contribution in [2.75, 3.05) is 13.7 Å². The second-order valence-corrected chi connectivity index (χ2v) is 7.75. The Balaban J connectivity index is 1.61. The second kappa shape index (κ2) is 8.63. The van der Waals surface area contributed by atoms with Crippen LogP contribution >= 0.6 is 11.8 Å². The van der Waals surface area contributed by atoms with Gasteiger partial charge in [-0.3, -0.25) is 14.5 Å². The maximum atomic E-state index is 13.0. The highest BCUT2D eigenvalue weighted by Crippen LogP contribution is 2.38. The lowest BCUT2D eigenvalue weighted by Crippen LogP contribution is -2.27. The van der Waals surface area contributed by atoms with Crippen molar-refractivity contribution < 1.29 is 19.1 Å². The van der Waals surface area contributed by atoms with E-state index in [0.717, 1.165) is 28.1 Å². The fraction of sp³-hybridized carbons (Fsp3) is 0.167. The molecule has 1 heterocycles. The van der Waals surface area contributed by atoms with Crippen LogP contribution in [0.15, 0.2) is 65.6 Å². The molecular formula is C24H21NO4S. The van der Waals surface area contributed by atoms with Crippen molar-refractivity contribution in [3.63, 3.8) is 0 Å². The van der Waals surface area contributed by atoms with Gasteiger partial charge in [-0.25, -0.2) is 0 Å². The van der Waals surface area contributed by atoms with Crippen molar-refractivity contribution in [2.45, 2.75) is 13.5 Å². The third kappa shape index (κ3) is 3.91. The maximum absolute atomic E-state index is 13.0. The monoisotopic (exact) mass is 419 g/mol. The molecule has 1 saturated heterocycles. The molecule has 0 bridgehead atoms. The minimum atomic E-state index is -0.302. The smallest absolute Gasteiger partial charge is 0.293 e. The molecule has 1 fully saturated rings. The molecule has 0 N–H and O–H groups in total. The number of methoxy groups -OCH3 is 1. The van der Waals surface area contributed by atoms with Crippen LogP contribution in [0.25, 0.3) is 16.8 Å². The van der Waals surface area contributed by atoms with E-state index >= 15 is 0 Å². The Bertz CT molecular complexity index is 1150. The Morgan fingerprint density at radius 1 is 1.00 bits per heavy atom. The number of ether oxygens (including phenoxy) is 2. The highest BCUT2D eigenvalue weighted by Gasteiger charge is 2.35. The number of imide groups is 1.